The minimum atomic E-state index is -4.44. The van der Waals surface area contributed by atoms with E-state index in [0.29, 0.717) is 11.4 Å². The highest BCUT2D eigenvalue weighted by atomic mass is 32.1. The molecule has 0 aliphatic rings. The Morgan fingerprint density at radius 1 is 1.24 bits per heavy atom. The number of halogens is 3. The molecule has 0 aliphatic heterocycles. The SMILES string of the molecule is Cc1ccc(-c2n[nH]c(=S)n2CC(=O)NC(C)c2cccc(C(F)(F)F)c2)cc1. The van der Waals surface area contributed by atoms with Gasteiger partial charge in [0.15, 0.2) is 10.6 Å². The van der Waals surface area contributed by atoms with Gasteiger partial charge in [-0.1, -0.05) is 42.0 Å². The summed E-state index contributed by atoms with van der Waals surface area (Å²) in [5.41, 5.74) is 1.49. The molecule has 0 bridgehead atoms. The number of aromatic amines is 1. The molecule has 0 saturated carbocycles. The fourth-order valence-electron chi connectivity index (χ4n) is 2.89. The van der Waals surface area contributed by atoms with E-state index in [4.69, 9.17) is 12.2 Å². The number of alkyl halides is 3. The van der Waals surface area contributed by atoms with Crippen molar-refractivity contribution in [1.29, 1.82) is 0 Å². The number of hydrogen-bond acceptors (Lipinski definition) is 3. The molecule has 1 atom stereocenters. The van der Waals surface area contributed by atoms with Gasteiger partial charge < -0.3 is 5.32 Å². The summed E-state index contributed by atoms with van der Waals surface area (Å²) in [4.78, 5) is 12.5. The minimum absolute atomic E-state index is 0.109. The summed E-state index contributed by atoms with van der Waals surface area (Å²) >= 11 is 5.22. The zero-order valence-corrected chi connectivity index (χ0v) is 16.6. The van der Waals surface area contributed by atoms with Gasteiger partial charge in [-0.2, -0.15) is 18.3 Å². The molecule has 1 heterocycles. The van der Waals surface area contributed by atoms with Gasteiger partial charge in [-0.05, 0) is 43.8 Å². The van der Waals surface area contributed by atoms with Crippen LogP contribution in [0.25, 0.3) is 11.4 Å². The van der Waals surface area contributed by atoms with Gasteiger partial charge in [0, 0.05) is 5.56 Å². The largest absolute Gasteiger partial charge is 0.416 e. The van der Waals surface area contributed by atoms with Gasteiger partial charge in [0.2, 0.25) is 5.91 Å². The van der Waals surface area contributed by atoms with Crippen molar-refractivity contribution in [2.75, 3.05) is 0 Å². The topological polar surface area (TPSA) is 62.7 Å². The third-order valence-corrected chi connectivity index (χ3v) is 4.77. The number of carbonyl (C=O) groups is 1. The number of nitrogens with zero attached hydrogens (tertiary/aromatic N) is 2. The van der Waals surface area contributed by atoms with Crippen molar-refractivity contribution in [3.8, 4) is 11.4 Å². The maximum absolute atomic E-state index is 12.9. The predicted molar refractivity (Wildman–Crippen MR) is 106 cm³/mol. The van der Waals surface area contributed by atoms with Gasteiger partial charge >= 0.3 is 6.18 Å². The van der Waals surface area contributed by atoms with Gasteiger partial charge in [-0.3, -0.25) is 14.5 Å². The Hall–Kier alpha value is -2.94. The lowest BCUT2D eigenvalue weighted by molar-refractivity contribution is -0.137. The molecule has 9 heteroatoms. The second kappa shape index (κ2) is 8.20. The van der Waals surface area contributed by atoms with Crippen LogP contribution >= 0.6 is 12.2 Å². The van der Waals surface area contributed by atoms with E-state index in [0.717, 1.165) is 23.3 Å². The molecule has 0 spiro atoms. The lowest BCUT2D eigenvalue weighted by Gasteiger charge is -2.17. The second-order valence-electron chi connectivity index (χ2n) is 6.72. The number of amides is 1. The first-order valence-electron chi connectivity index (χ1n) is 8.84. The van der Waals surface area contributed by atoms with Gasteiger partial charge in [-0.15, -0.1) is 0 Å². The molecule has 0 aliphatic carbocycles. The second-order valence-corrected chi connectivity index (χ2v) is 7.10. The van der Waals surface area contributed by atoms with Crippen LogP contribution in [0.2, 0.25) is 0 Å². The molecule has 2 N–H and O–H groups in total. The highest BCUT2D eigenvalue weighted by Gasteiger charge is 2.30. The Bertz CT molecular complexity index is 1070. The number of aryl methyl sites for hydroxylation is 1. The predicted octanol–water partition coefficient (Wildman–Crippen LogP) is 4.81. The van der Waals surface area contributed by atoms with Gasteiger partial charge in [0.1, 0.15) is 6.54 Å². The van der Waals surface area contributed by atoms with Crippen molar-refractivity contribution in [1.82, 2.24) is 20.1 Å². The summed E-state index contributed by atoms with van der Waals surface area (Å²) in [6, 6.07) is 11.9. The van der Waals surface area contributed by atoms with Crippen molar-refractivity contribution in [2.24, 2.45) is 0 Å². The monoisotopic (exact) mass is 420 g/mol. The van der Waals surface area contributed by atoms with Crippen LogP contribution in [0.1, 0.15) is 29.7 Å². The molecule has 0 radical (unpaired) electrons. The molecule has 152 valence electrons. The average molecular weight is 420 g/mol. The van der Waals surface area contributed by atoms with E-state index in [1.54, 1.807) is 17.6 Å². The Labute approximate surface area is 170 Å². The zero-order valence-electron chi connectivity index (χ0n) is 15.7. The summed E-state index contributed by atoms with van der Waals surface area (Å²) in [6.45, 7) is 3.48. The normalized spacial score (nSPS) is 12.6. The molecular weight excluding hydrogens is 401 g/mol. The van der Waals surface area contributed by atoms with Crippen LogP contribution in [0.4, 0.5) is 13.2 Å². The first-order valence-corrected chi connectivity index (χ1v) is 9.25. The number of benzene rings is 2. The molecule has 2 aromatic carbocycles. The number of hydrogen-bond donors (Lipinski definition) is 2. The van der Waals surface area contributed by atoms with Crippen LogP contribution in [0, 0.1) is 11.7 Å². The molecule has 1 amide bonds. The molecule has 3 rings (SSSR count). The van der Waals surface area contributed by atoms with Crippen LogP contribution < -0.4 is 5.32 Å². The average Bonchev–Trinajstić information content (AvgIpc) is 3.02. The quantitative estimate of drug-likeness (QED) is 0.582. The molecule has 1 aromatic heterocycles. The molecular formula is C20H19F3N4OS. The van der Waals surface area contributed by atoms with Crippen LogP contribution in [-0.2, 0) is 17.5 Å². The van der Waals surface area contributed by atoms with E-state index in [1.807, 2.05) is 31.2 Å². The molecule has 3 aromatic rings. The lowest BCUT2D eigenvalue weighted by Crippen LogP contribution is -2.30. The smallest absolute Gasteiger partial charge is 0.348 e. The number of H-pyrrole nitrogens is 1. The number of rotatable bonds is 5. The summed E-state index contributed by atoms with van der Waals surface area (Å²) < 4.78 is 40.6. The number of nitrogens with one attached hydrogen (secondary N) is 2. The first kappa shape index (κ1) is 20.8. The molecule has 0 fully saturated rings. The van der Waals surface area contributed by atoms with Gasteiger partial charge in [0.25, 0.3) is 0 Å². The third-order valence-electron chi connectivity index (χ3n) is 4.46. The highest BCUT2D eigenvalue weighted by molar-refractivity contribution is 7.71. The number of carbonyl (C=O) groups excluding carboxylic acids is 1. The summed E-state index contributed by atoms with van der Waals surface area (Å²) in [5, 5.41) is 9.57. The summed E-state index contributed by atoms with van der Waals surface area (Å²) in [7, 11) is 0. The van der Waals surface area contributed by atoms with E-state index < -0.39 is 17.8 Å². The minimum Gasteiger partial charge on any atom is -0.348 e. The van der Waals surface area contributed by atoms with Crippen molar-refractivity contribution in [3.05, 3.63) is 70.0 Å². The summed E-state index contributed by atoms with van der Waals surface area (Å²) in [5.74, 6) is 0.123. The van der Waals surface area contributed by atoms with Gasteiger partial charge in [0.05, 0.1) is 11.6 Å². The third kappa shape index (κ3) is 4.92. The lowest BCUT2D eigenvalue weighted by atomic mass is 10.0. The van der Waals surface area contributed by atoms with E-state index in [1.165, 1.54) is 6.07 Å². The van der Waals surface area contributed by atoms with Gasteiger partial charge in [-0.25, -0.2) is 0 Å². The van der Waals surface area contributed by atoms with Crippen LogP contribution in [0.3, 0.4) is 0 Å². The first-order chi connectivity index (χ1) is 13.6. The Morgan fingerprint density at radius 3 is 2.59 bits per heavy atom. The molecule has 0 saturated heterocycles. The summed E-state index contributed by atoms with van der Waals surface area (Å²) in [6.07, 6.45) is -4.44. The Morgan fingerprint density at radius 2 is 1.93 bits per heavy atom. The van der Waals surface area contributed by atoms with Crippen molar-refractivity contribution >= 4 is 18.1 Å². The van der Waals surface area contributed by atoms with E-state index in [2.05, 4.69) is 15.5 Å². The fraction of sp³-hybridized carbons (Fsp3) is 0.250. The Kier molecular flexibility index (Phi) is 5.88. The van der Waals surface area contributed by atoms with E-state index >= 15 is 0 Å². The zero-order chi connectivity index (χ0) is 21.2. The van der Waals surface area contributed by atoms with Crippen molar-refractivity contribution < 1.29 is 18.0 Å². The Balaban J connectivity index is 1.76. The van der Waals surface area contributed by atoms with Crippen molar-refractivity contribution in [3.63, 3.8) is 0 Å². The highest BCUT2D eigenvalue weighted by Crippen LogP contribution is 2.30. The molecule has 1 unspecified atom stereocenters. The maximum Gasteiger partial charge on any atom is 0.416 e. The van der Waals surface area contributed by atoms with E-state index in [-0.39, 0.29) is 17.2 Å². The van der Waals surface area contributed by atoms with Crippen molar-refractivity contribution in [2.45, 2.75) is 32.6 Å². The van der Waals surface area contributed by atoms with Crippen LogP contribution in [0.5, 0.6) is 0 Å². The van der Waals surface area contributed by atoms with Crippen LogP contribution in [0.15, 0.2) is 48.5 Å². The van der Waals surface area contributed by atoms with Crippen LogP contribution in [-0.4, -0.2) is 20.7 Å². The maximum atomic E-state index is 12.9. The fourth-order valence-corrected chi connectivity index (χ4v) is 3.08. The number of aromatic nitrogens is 3. The standard InChI is InChI=1S/C20H19F3N4OS/c1-12-6-8-14(9-7-12)18-25-26-19(29)27(18)11-17(28)24-13(2)15-4-3-5-16(10-15)20(21,22)23/h3-10,13H,11H2,1-2H3,(H,24,28)(H,26,29). The molecule has 5 nitrogen and oxygen atoms in total. The molecule has 29 heavy (non-hydrogen) atoms. The van der Waals surface area contributed by atoms with E-state index in [9.17, 15) is 18.0 Å².